The number of hydrogen-bond donors (Lipinski definition) is 1. The van der Waals surface area contributed by atoms with Gasteiger partial charge in [0.05, 0.1) is 23.5 Å². The maximum absolute atomic E-state index is 6.29. The average molecular weight is 265 g/mol. The minimum absolute atomic E-state index is 0.613. The van der Waals surface area contributed by atoms with Crippen LogP contribution in [0.1, 0.15) is 11.3 Å². The Kier molecular flexibility index (Phi) is 4.28. The van der Waals surface area contributed by atoms with Crippen LogP contribution in [0.2, 0.25) is 5.02 Å². The Balaban J connectivity index is 2.25. The van der Waals surface area contributed by atoms with Gasteiger partial charge >= 0.3 is 0 Å². The topological polar surface area (TPSA) is 42.4 Å². The van der Waals surface area contributed by atoms with Crippen LogP contribution in [0.5, 0.6) is 0 Å². The summed E-state index contributed by atoms with van der Waals surface area (Å²) in [4.78, 5) is 2.09. The number of para-hydroxylation sites is 1. The number of halogens is 1. The summed E-state index contributed by atoms with van der Waals surface area (Å²) in [6.45, 7) is 1.30. The Morgan fingerprint density at radius 3 is 2.78 bits per heavy atom. The maximum atomic E-state index is 6.29. The fourth-order valence-corrected chi connectivity index (χ4v) is 2.40. The second-order valence-electron chi connectivity index (χ2n) is 4.22. The number of hydrogen-bond acceptors (Lipinski definition) is 3. The molecule has 0 saturated carbocycles. The molecule has 0 fully saturated rings. The lowest BCUT2D eigenvalue weighted by Gasteiger charge is -2.22. The van der Waals surface area contributed by atoms with Gasteiger partial charge in [0.1, 0.15) is 5.76 Å². The summed E-state index contributed by atoms with van der Waals surface area (Å²) in [5.74, 6) is 0.913. The van der Waals surface area contributed by atoms with Crippen LogP contribution >= 0.6 is 11.6 Å². The molecule has 0 amide bonds. The molecule has 96 valence electrons. The lowest BCUT2D eigenvalue weighted by molar-refractivity contribution is 0.507. The Morgan fingerprint density at radius 1 is 1.28 bits per heavy atom. The average Bonchev–Trinajstić information content (AvgIpc) is 2.82. The van der Waals surface area contributed by atoms with E-state index in [1.165, 1.54) is 5.56 Å². The molecule has 1 heterocycles. The highest BCUT2D eigenvalue weighted by Gasteiger charge is 2.12. The van der Waals surface area contributed by atoms with Crippen LogP contribution in [0.3, 0.4) is 0 Å². The van der Waals surface area contributed by atoms with Gasteiger partial charge in [-0.3, -0.25) is 0 Å². The van der Waals surface area contributed by atoms with Gasteiger partial charge < -0.3 is 15.1 Å². The van der Waals surface area contributed by atoms with E-state index in [2.05, 4.69) is 11.0 Å². The number of nitrogens with two attached hydrogens (primary N) is 1. The number of rotatable bonds is 5. The Morgan fingerprint density at radius 2 is 2.11 bits per heavy atom. The summed E-state index contributed by atoms with van der Waals surface area (Å²) < 4.78 is 5.36. The molecule has 1 aromatic heterocycles. The summed E-state index contributed by atoms with van der Waals surface area (Å²) in [5.41, 5.74) is 7.83. The van der Waals surface area contributed by atoms with Crippen LogP contribution < -0.4 is 10.6 Å². The van der Waals surface area contributed by atoms with Crippen LogP contribution in [0.15, 0.2) is 41.0 Å². The second-order valence-corrected chi connectivity index (χ2v) is 4.63. The zero-order chi connectivity index (χ0) is 13.0. The first-order valence-corrected chi connectivity index (χ1v) is 6.31. The molecule has 1 aromatic carbocycles. The van der Waals surface area contributed by atoms with Crippen LogP contribution in [-0.2, 0) is 13.0 Å². The number of furan rings is 1. The third-order valence-electron chi connectivity index (χ3n) is 2.84. The first-order valence-electron chi connectivity index (χ1n) is 5.93. The largest absolute Gasteiger partial charge is 0.467 e. The smallest absolute Gasteiger partial charge is 0.123 e. The lowest BCUT2D eigenvalue weighted by atomic mass is 10.1. The van der Waals surface area contributed by atoms with Crippen molar-refractivity contribution in [3.63, 3.8) is 0 Å². The van der Waals surface area contributed by atoms with E-state index in [9.17, 15) is 0 Å². The molecular formula is C14H17ClN2O. The molecular weight excluding hydrogens is 248 g/mol. The van der Waals surface area contributed by atoms with E-state index in [1.54, 1.807) is 6.26 Å². The molecule has 18 heavy (non-hydrogen) atoms. The number of benzene rings is 1. The third kappa shape index (κ3) is 2.86. The minimum Gasteiger partial charge on any atom is -0.467 e. The van der Waals surface area contributed by atoms with Crippen molar-refractivity contribution in [1.29, 1.82) is 0 Å². The molecule has 0 saturated heterocycles. The Bertz CT molecular complexity index is 497. The standard InChI is InChI=1S/C14H17ClN2O/c1-17(10-12-5-3-9-18-12)14-11(7-8-16)4-2-6-13(14)15/h2-6,9H,7-8,10,16H2,1H3. The van der Waals surface area contributed by atoms with Gasteiger partial charge in [0.2, 0.25) is 0 Å². The van der Waals surface area contributed by atoms with Crippen molar-refractivity contribution in [2.24, 2.45) is 5.73 Å². The zero-order valence-corrected chi connectivity index (χ0v) is 11.2. The highest BCUT2D eigenvalue weighted by Crippen LogP contribution is 2.30. The Labute approximate surface area is 112 Å². The van der Waals surface area contributed by atoms with Gasteiger partial charge in [-0.05, 0) is 36.7 Å². The van der Waals surface area contributed by atoms with E-state index in [-0.39, 0.29) is 0 Å². The molecule has 0 aliphatic heterocycles. The SMILES string of the molecule is CN(Cc1ccco1)c1c(Cl)cccc1CCN. The van der Waals surface area contributed by atoms with E-state index >= 15 is 0 Å². The quantitative estimate of drug-likeness (QED) is 0.903. The van der Waals surface area contributed by atoms with Gasteiger partial charge in [-0.25, -0.2) is 0 Å². The molecule has 0 spiro atoms. The molecule has 4 heteroatoms. The molecule has 0 atom stereocenters. The van der Waals surface area contributed by atoms with Gasteiger partial charge in [-0.1, -0.05) is 23.7 Å². The van der Waals surface area contributed by atoms with Crippen molar-refractivity contribution >= 4 is 17.3 Å². The number of anilines is 1. The summed E-state index contributed by atoms with van der Waals surface area (Å²) >= 11 is 6.29. The van der Waals surface area contributed by atoms with Crippen molar-refractivity contribution in [3.8, 4) is 0 Å². The molecule has 0 unspecified atom stereocenters. The molecule has 2 aromatic rings. The van der Waals surface area contributed by atoms with Gasteiger partial charge in [0, 0.05) is 7.05 Å². The van der Waals surface area contributed by atoms with Crippen molar-refractivity contribution in [3.05, 3.63) is 52.9 Å². The van der Waals surface area contributed by atoms with Crippen molar-refractivity contribution in [2.45, 2.75) is 13.0 Å². The Hall–Kier alpha value is -1.45. The highest BCUT2D eigenvalue weighted by atomic mass is 35.5. The van der Waals surface area contributed by atoms with Crippen LogP contribution in [-0.4, -0.2) is 13.6 Å². The molecule has 2 N–H and O–H groups in total. The minimum atomic E-state index is 0.613. The zero-order valence-electron chi connectivity index (χ0n) is 10.4. The van der Waals surface area contributed by atoms with Crippen LogP contribution in [0.4, 0.5) is 5.69 Å². The fourth-order valence-electron chi connectivity index (χ4n) is 2.06. The lowest BCUT2D eigenvalue weighted by Crippen LogP contribution is -2.19. The first kappa shape index (κ1) is 13.0. The summed E-state index contributed by atoms with van der Waals surface area (Å²) in [5, 5.41) is 0.745. The summed E-state index contributed by atoms with van der Waals surface area (Å²) in [6.07, 6.45) is 2.49. The maximum Gasteiger partial charge on any atom is 0.123 e. The molecule has 3 nitrogen and oxygen atoms in total. The van der Waals surface area contributed by atoms with E-state index < -0.39 is 0 Å². The van der Waals surface area contributed by atoms with E-state index in [1.807, 2.05) is 31.3 Å². The summed E-state index contributed by atoms with van der Waals surface area (Å²) in [6, 6.07) is 9.76. The van der Waals surface area contributed by atoms with Crippen molar-refractivity contribution in [1.82, 2.24) is 0 Å². The predicted molar refractivity (Wildman–Crippen MR) is 75.0 cm³/mol. The summed E-state index contributed by atoms with van der Waals surface area (Å²) in [7, 11) is 2.00. The molecule has 2 rings (SSSR count). The van der Waals surface area contributed by atoms with Crippen LogP contribution in [0.25, 0.3) is 0 Å². The predicted octanol–water partition coefficient (Wildman–Crippen LogP) is 3.07. The first-order chi connectivity index (χ1) is 8.72. The van der Waals surface area contributed by atoms with E-state index in [0.29, 0.717) is 13.1 Å². The molecule has 0 bridgehead atoms. The monoisotopic (exact) mass is 264 g/mol. The van der Waals surface area contributed by atoms with Crippen LogP contribution in [0, 0.1) is 0 Å². The van der Waals surface area contributed by atoms with Gasteiger partial charge in [0.15, 0.2) is 0 Å². The number of nitrogens with zero attached hydrogens (tertiary/aromatic N) is 1. The van der Waals surface area contributed by atoms with Gasteiger partial charge in [0.25, 0.3) is 0 Å². The van der Waals surface area contributed by atoms with Crippen molar-refractivity contribution in [2.75, 3.05) is 18.5 Å². The highest BCUT2D eigenvalue weighted by molar-refractivity contribution is 6.33. The fraction of sp³-hybridized carbons (Fsp3) is 0.286. The third-order valence-corrected chi connectivity index (χ3v) is 3.14. The second kappa shape index (κ2) is 5.94. The van der Waals surface area contributed by atoms with E-state index in [0.717, 1.165) is 22.9 Å². The van der Waals surface area contributed by atoms with E-state index in [4.69, 9.17) is 21.8 Å². The van der Waals surface area contributed by atoms with Gasteiger partial charge in [-0.2, -0.15) is 0 Å². The van der Waals surface area contributed by atoms with Gasteiger partial charge in [-0.15, -0.1) is 0 Å². The van der Waals surface area contributed by atoms with Crippen molar-refractivity contribution < 1.29 is 4.42 Å². The molecule has 0 radical (unpaired) electrons. The molecule has 0 aliphatic carbocycles. The molecule has 0 aliphatic rings. The normalized spacial score (nSPS) is 10.6.